The Morgan fingerprint density at radius 2 is 2.08 bits per heavy atom. The molecule has 0 saturated carbocycles. The van der Waals surface area contributed by atoms with Gasteiger partial charge in [-0.25, -0.2) is 0 Å². The summed E-state index contributed by atoms with van der Waals surface area (Å²) in [5.74, 6) is 0. The van der Waals surface area contributed by atoms with Crippen molar-refractivity contribution in [2.24, 2.45) is 5.73 Å². The summed E-state index contributed by atoms with van der Waals surface area (Å²) < 4.78 is 0. The van der Waals surface area contributed by atoms with Crippen molar-refractivity contribution in [1.82, 2.24) is 0 Å². The molecule has 3 N–H and O–H groups in total. The molecule has 0 radical (unpaired) electrons. The van der Waals surface area contributed by atoms with E-state index in [1.807, 2.05) is 26.8 Å². The molecule has 1 aromatic rings. The van der Waals surface area contributed by atoms with Crippen molar-refractivity contribution in [2.75, 3.05) is 0 Å². The molecule has 2 atom stereocenters. The van der Waals surface area contributed by atoms with Crippen LogP contribution in [0.5, 0.6) is 0 Å². The van der Waals surface area contributed by atoms with Gasteiger partial charge in [-0.15, -0.1) is 11.3 Å². The van der Waals surface area contributed by atoms with Crippen molar-refractivity contribution in [1.29, 1.82) is 0 Å². The van der Waals surface area contributed by atoms with Gasteiger partial charge in [-0.05, 0) is 32.4 Å². The molecule has 12 heavy (non-hydrogen) atoms. The fraction of sp³-hybridized carbons (Fsp3) is 0.556. The van der Waals surface area contributed by atoms with Crippen LogP contribution in [0.4, 0.5) is 0 Å². The van der Waals surface area contributed by atoms with Crippen molar-refractivity contribution in [2.45, 2.75) is 32.9 Å². The van der Waals surface area contributed by atoms with E-state index in [-0.39, 0.29) is 6.04 Å². The first-order valence-electron chi connectivity index (χ1n) is 4.03. The largest absolute Gasteiger partial charge is 0.387 e. The van der Waals surface area contributed by atoms with Crippen LogP contribution in [0.25, 0.3) is 0 Å². The van der Waals surface area contributed by atoms with E-state index in [1.165, 1.54) is 4.88 Å². The van der Waals surface area contributed by atoms with E-state index in [4.69, 9.17) is 5.73 Å². The van der Waals surface area contributed by atoms with Crippen molar-refractivity contribution < 1.29 is 5.11 Å². The van der Waals surface area contributed by atoms with Crippen LogP contribution in [-0.2, 0) is 0 Å². The van der Waals surface area contributed by atoms with Crippen molar-refractivity contribution >= 4 is 11.3 Å². The highest BCUT2D eigenvalue weighted by atomic mass is 32.1. The van der Waals surface area contributed by atoms with Gasteiger partial charge in [0.2, 0.25) is 0 Å². The summed E-state index contributed by atoms with van der Waals surface area (Å²) in [6.07, 6.45) is -0.519. The van der Waals surface area contributed by atoms with Gasteiger partial charge < -0.3 is 10.8 Å². The number of nitrogens with two attached hydrogens (primary N) is 1. The molecule has 2 unspecified atom stereocenters. The summed E-state index contributed by atoms with van der Waals surface area (Å²) in [5.41, 5.74) is 6.58. The minimum Gasteiger partial charge on any atom is -0.387 e. The Balaban J connectivity index is 2.94. The molecular weight excluding hydrogens is 170 g/mol. The fourth-order valence-corrected chi connectivity index (χ4v) is 2.19. The third-order valence-corrected chi connectivity index (χ3v) is 2.88. The fourth-order valence-electron chi connectivity index (χ4n) is 1.23. The molecule has 0 spiro atoms. The van der Waals surface area contributed by atoms with Crippen LogP contribution >= 0.6 is 11.3 Å². The Labute approximate surface area is 77.0 Å². The van der Waals surface area contributed by atoms with Crippen LogP contribution in [0.15, 0.2) is 6.07 Å². The van der Waals surface area contributed by atoms with Gasteiger partial charge >= 0.3 is 0 Å². The minimum absolute atomic E-state index is 0.197. The van der Waals surface area contributed by atoms with Crippen molar-refractivity contribution in [3.05, 3.63) is 21.4 Å². The predicted molar refractivity (Wildman–Crippen MR) is 52.4 cm³/mol. The van der Waals surface area contributed by atoms with E-state index in [1.54, 1.807) is 11.3 Å². The second-order valence-corrected chi connectivity index (χ2v) is 4.63. The molecule has 0 bridgehead atoms. The third-order valence-electron chi connectivity index (χ3n) is 1.90. The minimum atomic E-state index is -0.519. The SMILES string of the molecule is Cc1cc(C(O)C(C)N)c(C)s1. The number of aryl methyl sites for hydroxylation is 2. The van der Waals surface area contributed by atoms with E-state index in [0.717, 1.165) is 10.4 Å². The monoisotopic (exact) mass is 185 g/mol. The van der Waals surface area contributed by atoms with Gasteiger partial charge in [-0.3, -0.25) is 0 Å². The molecule has 0 aliphatic carbocycles. The summed E-state index contributed by atoms with van der Waals surface area (Å²) in [6.45, 7) is 5.87. The second-order valence-electron chi connectivity index (χ2n) is 3.17. The van der Waals surface area contributed by atoms with Gasteiger partial charge in [0.15, 0.2) is 0 Å². The molecule has 0 fully saturated rings. The Bertz CT molecular complexity index is 267. The quantitative estimate of drug-likeness (QED) is 0.737. The average molecular weight is 185 g/mol. The molecule has 2 nitrogen and oxygen atoms in total. The molecule has 0 saturated heterocycles. The van der Waals surface area contributed by atoms with Gasteiger partial charge in [-0.2, -0.15) is 0 Å². The first-order valence-corrected chi connectivity index (χ1v) is 4.84. The second kappa shape index (κ2) is 3.56. The van der Waals surface area contributed by atoms with E-state index in [0.29, 0.717) is 0 Å². The van der Waals surface area contributed by atoms with E-state index in [9.17, 15) is 5.11 Å². The maximum atomic E-state index is 9.67. The highest BCUT2D eigenvalue weighted by molar-refractivity contribution is 7.12. The topological polar surface area (TPSA) is 46.2 Å². The lowest BCUT2D eigenvalue weighted by molar-refractivity contribution is 0.153. The van der Waals surface area contributed by atoms with Crippen molar-refractivity contribution in [3.63, 3.8) is 0 Å². The normalized spacial score (nSPS) is 16.1. The van der Waals surface area contributed by atoms with Gasteiger partial charge in [0.05, 0.1) is 6.10 Å². The number of hydrogen-bond donors (Lipinski definition) is 2. The van der Waals surface area contributed by atoms with Crippen LogP contribution in [0.1, 0.15) is 28.3 Å². The highest BCUT2D eigenvalue weighted by Gasteiger charge is 2.16. The molecule has 68 valence electrons. The summed E-state index contributed by atoms with van der Waals surface area (Å²) >= 11 is 1.70. The molecule has 0 aliphatic rings. The lowest BCUT2D eigenvalue weighted by Gasteiger charge is -2.13. The Morgan fingerprint density at radius 1 is 1.50 bits per heavy atom. The summed E-state index contributed by atoms with van der Waals surface area (Å²) in [6, 6.07) is 1.81. The lowest BCUT2D eigenvalue weighted by atomic mass is 10.1. The lowest BCUT2D eigenvalue weighted by Crippen LogP contribution is -2.24. The molecule has 0 aromatic carbocycles. The van der Waals surface area contributed by atoms with E-state index in [2.05, 4.69) is 0 Å². The Kier molecular flexibility index (Phi) is 2.88. The van der Waals surface area contributed by atoms with Gasteiger partial charge in [-0.1, -0.05) is 0 Å². The number of rotatable bonds is 2. The molecule has 0 aliphatic heterocycles. The zero-order valence-electron chi connectivity index (χ0n) is 7.66. The molecule has 1 rings (SSSR count). The zero-order chi connectivity index (χ0) is 9.30. The standard InChI is InChI=1S/C9H15NOS/c1-5-4-8(7(3)12-5)9(11)6(2)10/h4,6,9,11H,10H2,1-3H3. The van der Waals surface area contributed by atoms with Gasteiger partial charge in [0.1, 0.15) is 0 Å². The van der Waals surface area contributed by atoms with Crippen LogP contribution in [0.3, 0.4) is 0 Å². The van der Waals surface area contributed by atoms with Crippen LogP contribution in [-0.4, -0.2) is 11.1 Å². The third kappa shape index (κ3) is 1.86. The number of thiophene rings is 1. The maximum Gasteiger partial charge on any atom is 0.0948 e. The van der Waals surface area contributed by atoms with Crippen molar-refractivity contribution in [3.8, 4) is 0 Å². The Hall–Kier alpha value is -0.380. The maximum absolute atomic E-state index is 9.67. The van der Waals surface area contributed by atoms with Crippen LogP contribution in [0, 0.1) is 13.8 Å². The first kappa shape index (κ1) is 9.71. The number of hydrogen-bond acceptors (Lipinski definition) is 3. The zero-order valence-corrected chi connectivity index (χ0v) is 8.48. The smallest absolute Gasteiger partial charge is 0.0948 e. The van der Waals surface area contributed by atoms with Crippen LogP contribution in [0.2, 0.25) is 0 Å². The number of aliphatic hydroxyl groups is 1. The number of aliphatic hydroxyl groups excluding tert-OH is 1. The van der Waals surface area contributed by atoms with E-state index >= 15 is 0 Å². The summed E-state index contributed by atoms with van der Waals surface area (Å²) in [7, 11) is 0. The van der Waals surface area contributed by atoms with Crippen LogP contribution < -0.4 is 5.73 Å². The van der Waals surface area contributed by atoms with E-state index < -0.39 is 6.10 Å². The predicted octanol–water partition coefficient (Wildman–Crippen LogP) is 1.75. The summed E-state index contributed by atoms with van der Waals surface area (Å²) in [4.78, 5) is 2.39. The molecule has 0 amide bonds. The van der Waals surface area contributed by atoms with Gasteiger partial charge in [0.25, 0.3) is 0 Å². The highest BCUT2D eigenvalue weighted by Crippen LogP contribution is 2.27. The molecule has 1 aromatic heterocycles. The molecular formula is C9H15NOS. The Morgan fingerprint density at radius 3 is 2.42 bits per heavy atom. The summed E-state index contributed by atoms with van der Waals surface area (Å²) in [5, 5.41) is 9.67. The molecule has 3 heteroatoms. The van der Waals surface area contributed by atoms with Gasteiger partial charge in [0, 0.05) is 15.8 Å². The molecule has 1 heterocycles. The first-order chi connectivity index (χ1) is 5.52. The average Bonchev–Trinajstić information content (AvgIpc) is 2.28.